The molecule has 0 radical (unpaired) electrons. The number of aromatic amines is 2. The van der Waals surface area contributed by atoms with Crippen LogP contribution in [0.5, 0.6) is 0 Å². The molecule has 0 aliphatic rings. The number of nitrogens with one attached hydrogen (secondary N) is 2. The van der Waals surface area contributed by atoms with Crippen LogP contribution in [0.2, 0.25) is 0 Å². The summed E-state index contributed by atoms with van der Waals surface area (Å²) in [4.78, 5) is 6.87. The smallest absolute Gasteiger partial charge is 0.0457 e. The minimum absolute atomic E-state index is 0.230. The number of benzene rings is 2. The molecular weight excluding hydrogens is 316 g/mol. The van der Waals surface area contributed by atoms with Crippen LogP contribution in [-0.4, -0.2) is 9.97 Å². The summed E-state index contributed by atoms with van der Waals surface area (Å²) in [6, 6.07) is 17.1. The molecular formula is C24H24N2. The van der Waals surface area contributed by atoms with E-state index in [1.165, 1.54) is 32.9 Å². The van der Waals surface area contributed by atoms with Crippen LogP contribution in [0.1, 0.15) is 36.8 Å². The molecule has 0 atom stereocenters. The van der Waals surface area contributed by atoms with Crippen LogP contribution in [-0.2, 0) is 0 Å². The maximum atomic E-state index is 3.43. The number of allylic oxidation sites excluding steroid dienone is 4. The van der Waals surface area contributed by atoms with Crippen molar-refractivity contribution in [2.45, 2.75) is 25.7 Å². The number of para-hydroxylation sites is 2. The molecule has 0 aliphatic heterocycles. The molecule has 0 bridgehead atoms. The van der Waals surface area contributed by atoms with Crippen molar-refractivity contribution in [2.75, 3.05) is 0 Å². The summed E-state index contributed by atoms with van der Waals surface area (Å²) in [6.45, 7) is 2.07. The summed E-state index contributed by atoms with van der Waals surface area (Å²) in [5.41, 5.74) is 5.03. The highest BCUT2D eigenvalue weighted by Gasteiger charge is 2.18. The lowest BCUT2D eigenvalue weighted by atomic mass is 9.90. The van der Waals surface area contributed by atoms with E-state index < -0.39 is 0 Å². The average molecular weight is 340 g/mol. The van der Waals surface area contributed by atoms with Crippen molar-refractivity contribution in [1.82, 2.24) is 9.97 Å². The van der Waals surface area contributed by atoms with E-state index in [-0.39, 0.29) is 5.92 Å². The number of fused-ring (bicyclic) bond motifs is 2. The number of hydrogen-bond acceptors (Lipinski definition) is 0. The predicted molar refractivity (Wildman–Crippen MR) is 112 cm³/mol. The number of aromatic nitrogens is 2. The zero-order valence-corrected chi connectivity index (χ0v) is 15.1. The van der Waals surface area contributed by atoms with Crippen LogP contribution in [0.25, 0.3) is 21.8 Å². The molecule has 2 nitrogen and oxygen atoms in total. The van der Waals surface area contributed by atoms with Gasteiger partial charge in [-0.2, -0.15) is 0 Å². The molecule has 2 N–H and O–H groups in total. The molecule has 130 valence electrons. The normalized spacial score (nSPS) is 12.4. The summed E-state index contributed by atoms with van der Waals surface area (Å²) < 4.78 is 0. The molecule has 0 saturated heterocycles. The van der Waals surface area contributed by atoms with Crippen LogP contribution < -0.4 is 0 Å². The molecule has 0 saturated carbocycles. The molecule has 26 heavy (non-hydrogen) atoms. The summed E-state index contributed by atoms with van der Waals surface area (Å²) in [6.07, 6.45) is 15.5. The van der Waals surface area contributed by atoms with E-state index in [1.54, 1.807) is 0 Å². The molecule has 2 aromatic heterocycles. The molecule has 2 aromatic carbocycles. The third-order valence-corrected chi connectivity index (χ3v) is 4.98. The minimum atomic E-state index is 0.230. The van der Waals surface area contributed by atoms with Gasteiger partial charge in [-0.3, -0.25) is 0 Å². The van der Waals surface area contributed by atoms with E-state index in [9.17, 15) is 0 Å². The van der Waals surface area contributed by atoms with Gasteiger partial charge < -0.3 is 9.97 Å². The van der Waals surface area contributed by atoms with Gasteiger partial charge >= 0.3 is 0 Å². The minimum Gasteiger partial charge on any atom is -0.361 e. The van der Waals surface area contributed by atoms with Gasteiger partial charge in [0.1, 0.15) is 0 Å². The lowest BCUT2D eigenvalue weighted by Gasteiger charge is -2.12. The lowest BCUT2D eigenvalue weighted by molar-refractivity contribution is 0.998. The van der Waals surface area contributed by atoms with E-state index in [1.807, 2.05) is 0 Å². The van der Waals surface area contributed by atoms with Crippen molar-refractivity contribution in [2.24, 2.45) is 0 Å². The van der Waals surface area contributed by atoms with Crippen molar-refractivity contribution >= 4 is 21.8 Å². The Bertz CT molecular complexity index is 988. The largest absolute Gasteiger partial charge is 0.361 e. The Morgan fingerprint density at radius 2 is 1.31 bits per heavy atom. The molecule has 0 spiro atoms. The zero-order chi connectivity index (χ0) is 17.8. The summed E-state index contributed by atoms with van der Waals surface area (Å²) in [5.74, 6) is 0.230. The van der Waals surface area contributed by atoms with E-state index in [0.717, 1.165) is 12.8 Å². The Hall–Kier alpha value is -3.00. The Kier molecular flexibility index (Phi) is 4.74. The number of unbranched alkanes of at least 4 members (excludes halogenated alkanes) is 1. The van der Waals surface area contributed by atoms with Crippen LogP contribution in [0.3, 0.4) is 0 Å². The first-order chi connectivity index (χ1) is 12.9. The van der Waals surface area contributed by atoms with Crippen LogP contribution >= 0.6 is 0 Å². The van der Waals surface area contributed by atoms with Crippen LogP contribution in [0, 0.1) is 0 Å². The zero-order valence-electron chi connectivity index (χ0n) is 15.1. The monoisotopic (exact) mass is 340 g/mol. The maximum Gasteiger partial charge on any atom is 0.0457 e. The van der Waals surface area contributed by atoms with Gasteiger partial charge in [0.05, 0.1) is 0 Å². The molecule has 4 aromatic rings. The molecule has 4 rings (SSSR count). The van der Waals surface area contributed by atoms with E-state index in [4.69, 9.17) is 0 Å². The number of H-pyrrole nitrogens is 2. The number of hydrogen-bond donors (Lipinski definition) is 2. The standard InChI is InChI=1S/C24H24N2/c1-2-3-4-5-6-11-18(21-16-25-23-14-9-7-12-19(21)23)22-17-26-24-15-10-8-13-20(22)24/h2-3,6-18,25-26H,4-5H2,1H3/b3-2+,11-6+. The average Bonchev–Trinajstić information content (AvgIpc) is 3.30. The van der Waals surface area contributed by atoms with Gasteiger partial charge in [0.2, 0.25) is 0 Å². The highest BCUT2D eigenvalue weighted by molar-refractivity contribution is 5.88. The highest BCUT2D eigenvalue weighted by Crippen LogP contribution is 2.35. The first kappa shape index (κ1) is 16.5. The first-order valence-corrected chi connectivity index (χ1v) is 9.28. The second kappa shape index (κ2) is 7.49. The first-order valence-electron chi connectivity index (χ1n) is 9.28. The van der Waals surface area contributed by atoms with Gasteiger partial charge in [-0.05, 0) is 43.0 Å². The summed E-state index contributed by atoms with van der Waals surface area (Å²) >= 11 is 0. The van der Waals surface area contributed by atoms with Gasteiger partial charge in [0.25, 0.3) is 0 Å². The fraction of sp³-hybridized carbons (Fsp3) is 0.167. The second-order valence-corrected chi connectivity index (χ2v) is 6.63. The lowest BCUT2D eigenvalue weighted by Crippen LogP contribution is -1.96. The molecule has 2 heteroatoms. The van der Waals surface area contributed by atoms with E-state index in [2.05, 4.69) is 102 Å². The Balaban J connectivity index is 1.79. The van der Waals surface area contributed by atoms with E-state index >= 15 is 0 Å². The maximum absolute atomic E-state index is 3.43. The second-order valence-electron chi connectivity index (χ2n) is 6.63. The molecule has 0 unspecified atom stereocenters. The topological polar surface area (TPSA) is 31.6 Å². The summed E-state index contributed by atoms with van der Waals surface area (Å²) in [7, 11) is 0. The van der Waals surface area contributed by atoms with Crippen molar-refractivity contribution in [3.63, 3.8) is 0 Å². The van der Waals surface area contributed by atoms with Gasteiger partial charge in [-0.25, -0.2) is 0 Å². The van der Waals surface area contributed by atoms with Gasteiger partial charge in [0.15, 0.2) is 0 Å². The van der Waals surface area contributed by atoms with Crippen molar-refractivity contribution in [3.8, 4) is 0 Å². The predicted octanol–water partition coefficient (Wildman–Crippen LogP) is 6.69. The fourth-order valence-electron chi connectivity index (χ4n) is 3.67. The molecule has 2 heterocycles. The SMILES string of the molecule is C/C=C/CC/C=C/C(c1c[nH]c2ccccc12)c1c[nH]c2ccccc12. The van der Waals surface area contributed by atoms with Crippen LogP contribution in [0.15, 0.2) is 85.2 Å². The molecule has 0 amide bonds. The summed E-state index contributed by atoms with van der Waals surface area (Å²) in [5, 5.41) is 2.58. The highest BCUT2D eigenvalue weighted by atomic mass is 14.7. The van der Waals surface area contributed by atoms with E-state index in [0.29, 0.717) is 0 Å². The number of rotatable bonds is 6. The van der Waals surface area contributed by atoms with Crippen LogP contribution in [0.4, 0.5) is 0 Å². The van der Waals surface area contributed by atoms with Gasteiger partial charge in [-0.15, -0.1) is 0 Å². The van der Waals surface area contributed by atoms with Crippen molar-refractivity contribution in [3.05, 3.63) is 96.4 Å². The third-order valence-electron chi connectivity index (χ3n) is 4.98. The van der Waals surface area contributed by atoms with Crippen molar-refractivity contribution < 1.29 is 0 Å². The van der Waals surface area contributed by atoms with Gasteiger partial charge in [-0.1, -0.05) is 60.7 Å². The fourth-order valence-corrected chi connectivity index (χ4v) is 3.67. The molecule has 0 aliphatic carbocycles. The Morgan fingerprint density at radius 1 is 0.769 bits per heavy atom. The van der Waals surface area contributed by atoms with Crippen molar-refractivity contribution in [1.29, 1.82) is 0 Å². The molecule has 0 fully saturated rings. The Labute approximate surface area is 154 Å². The van der Waals surface area contributed by atoms with Gasteiger partial charge in [0, 0.05) is 40.1 Å². The quantitative estimate of drug-likeness (QED) is 0.289. The Morgan fingerprint density at radius 3 is 1.88 bits per heavy atom. The third kappa shape index (κ3) is 3.11.